The van der Waals surface area contributed by atoms with Gasteiger partial charge in [-0.05, 0) is 37.1 Å². The van der Waals surface area contributed by atoms with E-state index in [1.54, 1.807) is 6.07 Å². The van der Waals surface area contributed by atoms with Gasteiger partial charge in [-0.25, -0.2) is 4.39 Å². The predicted molar refractivity (Wildman–Crippen MR) is 70.3 cm³/mol. The van der Waals surface area contributed by atoms with E-state index >= 15 is 0 Å². The van der Waals surface area contributed by atoms with Crippen LogP contribution in [0, 0.1) is 18.2 Å². The molecular weight excluding hydrogens is 215 g/mol. The number of hydrogen-bond donors (Lipinski definition) is 1. The van der Waals surface area contributed by atoms with Crippen molar-refractivity contribution >= 4 is 5.69 Å². The summed E-state index contributed by atoms with van der Waals surface area (Å²) in [7, 11) is 0. The number of nitrogens with two attached hydrogens (primary N) is 1. The van der Waals surface area contributed by atoms with Crippen LogP contribution in [0.3, 0.4) is 0 Å². The molecule has 0 aliphatic rings. The minimum atomic E-state index is -0.266. The molecule has 0 fully saturated rings. The van der Waals surface area contributed by atoms with Crippen LogP contribution in [0.15, 0.2) is 18.2 Å². The van der Waals surface area contributed by atoms with Crippen molar-refractivity contribution in [3.8, 4) is 12.3 Å². The quantitative estimate of drug-likeness (QED) is 0.794. The first-order valence-electron chi connectivity index (χ1n) is 5.83. The van der Waals surface area contributed by atoms with Crippen molar-refractivity contribution < 1.29 is 4.39 Å². The summed E-state index contributed by atoms with van der Waals surface area (Å²) < 4.78 is 13.2. The minimum Gasteiger partial charge on any atom is -0.360 e. The van der Waals surface area contributed by atoms with Crippen molar-refractivity contribution in [2.45, 2.75) is 26.3 Å². The van der Waals surface area contributed by atoms with E-state index in [2.05, 4.69) is 17.7 Å². The molecule has 0 saturated heterocycles. The highest BCUT2D eigenvalue weighted by Gasteiger charge is 2.13. The molecule has 0 bridgehead atoms. The van der Waals surface area contributed by atoms with E-state index in [1.165, 1.54) is 12.1 Å². The molecule has 0 aromatic heterocycles. The summed E-state index contributed by atoms with van der Waals surface area (Å²) in [6.07, 6.45) is 6.34. The van der Waals surface area contributed by atoms with Crippen LogP contribution in [0.25, 0.3) is 0 Å². The van der Waals surface area contributed by atoms with Crippen molar-refractivity contribution in [2.24, 2.45) is 5.73 Å². The van der Waals surface area contributed by atoms with E-state index in [0.29, 0.717) is 6.54 Å². The largest absolute Gasteiger partial charge is 0.360 e. The number of nitrogens with zero attached hydrogens (tertiary/aromatic N) is 1. The first-order valence-corrected chi connectivity index (χ1v) is 5.83. The second kappa shape index (κ2) is 6.27. The highest BCUT2D eigenvalue weighted by atomic mass is 19.1. The van der Waals surface area contributed by atoms with Gasteiger partial charge in [0.1, 0.15) is 5.82 Å². The number of terminal acetylenes is 1. The number of halogens is 1. The second-order valence-electron chi connectivity index (χ2n) is 4.12. The lowest BCUT2D eigenvalue weighted by atomic mass is 10.1. The molecular formula is C14H19FN2. The lowest BCUT2D eigenvalue weighted by molar-refractivity contribution is 0.621. The maximum atomic E-state index is 13.2. The number of anilines is 1. The van der Waals surface area contributed by atoms with Crippen molar-refractivity contribution in [3.05, 3.63) is 29.6 Å². The third-order valence-corrected chi connectivity index (χ3v) is 2.60. The molecule has 92 valence electrons. The zero-order valence-corrected chi connectivity index (χ0v) is 10.4. The van der Waals surface area contributed by atoms with Gasteiger partial charge >= 0.3 is 0 Å². The third kappa shape index (κ3) is 3.47. The van der Waals surface area contributed by atoms with Gasteiger partial charge in [-0.1, -0.05) is 12.8 Å². The van der Waals surface area contributed by atoms with Gasteiger partial charge < -0.3 is 10.6 Å². The van der Waals surface area contributed by atoms with Crippen molar-refractivity contribution in [2.75, 3.05) is 18.0 Å². The molecule has 1 aromatic rings. The fourth-order valence-electron chi connectivity index (χ4n) is 1.84. The third-order valence-electron chi connectivity index (χ3n) is 2.60. The summed E-state index contributed by atoms with van der Waals surface area (Å²) in [5, 5.41) is 0. The fraction of sp³-hybridized carbons (Fsp3) is 0.429. The van der Waals surface area contributed by atoms with Gasteiger partial charge in [0, 0.05) is 18.3 Å². The molecule has 1 rings (SSSR count). The molecule has 0 spiro atoms. The Morgan fingerprint density at radius 1 is 1.53 bits per heavy atom. The zero-order valence-electron chi connectivity index (χ0n) is 10.4. The van der Waals surface area contributed by atoms with Gasteiger partial charge in [-0.2, -0.15) is 0 Å². The molecule has 1 atom stereocenters. The summed E-state index contributed by atoms with van der Waals surface area (Å²) >= 11 is 0. The smallest absolute Gasteiger partial charge is 0.123 e. The Morgan fingerprint density at radius 2 is 2.24 bits per heavy atom. The van der Waals surface area contributed by atoms with Crippen LogP contribution in [0.5, 0.6) is 0 Å². The Morgan fingerprint density at radius 3 is 2.76 bits per heavy atom. The van der Waals surface area contributed by atoms with Crippen molar-refractivity contribution in [3.63, 3.8) is 0 Å². The molecule has 0 aliphatic heterocycles. The Labute approximate surface area is 103 Å². The molecule has 0 saturated carbocycles. The molecule has 0 unspecified atom stereocenters. The van der Waals surface area contributed by atoms with Crippen LogP contribution in [-0.2, 0) is 0 Å². The number of rotatable bonds is 5. The second-order valence-corrected chi connectivity index (χ2v) is 4.12. The standard InChI is InChI=1S/C14H19FN2/c1-4-8-17(9-5-2)14-7-6-12(15)10-13(14)11(3)16/h1,6-7,10-11H,5,8-9,16H2,2-3H3/t11-/m1/s1. The van der Waals surface area contributed by atoms with Crippen LogP contribution in [-0.4, -0.2) is 13.1 Å². The summed E-state index contributed by atoms with van der Waals surface area (Å²) in [5.74, 6) is 2.36. The van der Waals surface area contributed by atoms with Gasteiger partial charge in [-0.3, -0.25) is 0 Å². The maximum Gasteiger partial charge on any atom is 0.123 e. The van der Waals surface area contributed by atoms with E-state index in [1.807, 2.05) is 6.92 Å². The summed E-state index contributed by atoms with van der Waals surface area (Å²) in [4.78, 5) is 2.05. The van der Waals surface area contributed by atoms with Gasteiger partial charge in [0.25, 0.3) is 0 Å². The van der Waals surface area contributed by atoms with Crippen molar-refractivity contribution in [1.82, 2.24) is 0 Å². The Balaban J connectivity index is 3.13. The lowest BCUT2D eigenvalue weighted by Gasteiger charge is -2.26. The predicted octanol–water partition coefficient (Wildman–Crippen LogP) is 2.70. The average Bonchev–Trinajstić information content (AvgIpc) is 2.28. The maximum absolute atomic E-state index is 13.2. The van der Waals surface area contributed by atoms with E-state index in [-0.39, 0.29) is 11.9 Å². The highest BCUT2D eigenvalue weighted by molar-refractivity contribution is 5.55. The van der Waals surface area contributed by atoms with Crippen LogP contribution in [0.2, 0.25) is 0 Å². The van der Waals surface area contributed by atoms with Crippen molar-refractivity contribution in [1.29, 1.82) is 0 Å². The zero-order chi connectivity index (χ0) is 12.8. The van der Waals surface area contributed by atoms with Crippen LogP contribution in [0.4, 0.5) is 10.1 Å². The van der Waals surface area contributed by atoms with E-state index in [4.69, 9.17) is 12.2 Å². The molecule has 2 nitrogen and oxygen atoms in total. The first kappa shape index (κ1) is 13.5. The lowest BCUT2D eigenvalue weighted by Crippen LogP contribution is -2.26. The summed E-state index contributed by atoms with van der Waals surface area (Å²) in [6, 6.07) is 4.47. The molecule has 2 N–H and O–H groups in total. The molecule has 0 aliphatic carbocycles. The minimum absolute atomic E-state index is 0.210. The van der Waals surface area contributed by atoms with Crippen LogP contribution < -0.4 is 10.6 Å². The number of benzene rings is 1. The first-order chi connectivity index (χ1) is 8.10. The van der Waals surface area contributed by atoms with Gasteiger partial charge in [-0.15, -0.1) is 6.42 Å². The average molecular weight is 234 g/mol. The Hall–Kier alpha value is -1.53. The van der Waals surface area contributed by atoms with Gasteiger partial charge in [0.2, 0.25) is 0 Å². The van der Waals surface area contributed by atoms with E-state index in [0.717, 1.165) is 24.2 Å². The molecule has 17 heavy (non-hydrogen) atoms. The van der Waals surface area contributed by atoms with E-state index < -0.39 is 0 Å². The number of hydrogen-bond acceptors (Lipinski definition) is 2. The SMILES string of the molecule is C#CCN(CCC)c1ccc(F)cc1[C@@H](C)N. The normalized spacial score (nSPS) is 11.9. The topological polar surface area (TPSA) is 29.3 Å². The van der Waals surface area contributed by atoms with Gasteiger partial charge in [0.15, 0.2) is 0 Å². The highest BCUT2D eigenvalue weighted by Crippen LogP contribution is 2.26. The molecule has 0 radical (unpaired) electrons. The molecule has 0 heterocycles. The van der Waals surface area contributed by atoms with E-state index in [9.17, 15) is 4.39 Å². The van der Waals surface area contributed by atoms with Gasteiger partial charge in [0.05, 0.1) is 6.54 Å². The van der Waals surface area contributed by atoms with Crippen LogP contribution >= 0.6 is 0 Å². The van der Waals surface area contributed by atoms with Crippen LogP contribution in [0.1, 0.15) is 31.9 Å². The molecule has 3 heteroatoms. The Bertz CT molecular complexity index is 407. The molecule has 1 aromatic carbocycles. The Kier molecular flexibility index (Phi) is 4.99. The fourth-order valence-corrected chi connectivity index (χ4v) is 1.84. The monoisotopic (exact) mass is 234 g/mol. The molecule has 0 amide bonds. The summed E-state index contributed by atoms with van der Waals surface area (Å²) in [5.41, 5.74) is 7.60. The summed E-state index contributed by atoms with van der Waals surface area (Å²) in [6.45, 7) is 5.28.